The van der Waals surface area contributed by atoms with E-state index >= 15 is 0 Å². The molecule has 9 heteroatoms. The molecular formula is C18H28N6O3. The van der Waals surface area contributed by atoms with E-state index in [0.717, 1.165) is 18.9 Å². The van der Waals surface area contributed by atoms with Crippen LogP contribution in [0.25, 0.3) is 11.2 Å². The lowest BCUT2D eigenvalue weighted by Crippen LogP contribution is -2.24. The Kier molecular flexibility index (Phi) is 5.42. The van der Waals surface area contributed by atoms with Gasteiger partial charge in [0.1, 0.15) is 18.7 Å². The van der Waals surface area contributed by atoms with Crippen LogP contribution < -0.4 is 11.1 Å². The summed E-state index contributed by atoms with van der Waals surface area (Å²) in [6, 6.07) is 0. The van der Waals surface area contributed by atoms with Crippen LogP contribution in [-0.2, 0) is 4.74 Å². The summed E-state index contributed by atoms with van der Waals surface area (Å²) in [6.45, 7) is 0.575. The Balaban J connectivity index is 1.56. The number of hydrogen-bond donors (Lipinski definition) is 4. The molecule has 5 N–H and O–H groups in total. The van der Waals surface area contributed by atoms with E-state index in [1.807, 2.05) is 4.57 Å². The van der Waals surface area contributed by atoms with Crippen molar-refractivity contribution in [2.24, 2.45) is 5.92 Å². The van der Waals surface area contributed by atoms with Gasteiger partial charge < -0.3 is 26.0 Å². The number of nitrogens with two attached hydrogens (primary N) is 1. The molecule has 27 heavy (non-hydrogen) atoms. The molecule has 0 bridgehead atoms. The van der Waals surface area contributed by atoms with E-state index in [0.29, 0.717) is 29.4 Å². The monoisotopic (exact) mass is 376 g/mol. The minimum Gasteiger partial charge on any atom is -0.394 e. The Labute approximate surface area is 158 Å². The summed E-state index contributed by atoms with van der Waals surface area (Å²) in [4.78, 5) is 12.9. The number of rotatable bonds is 6. The largest absolute Gasteiger partial charge is 0.394 e. The molecule has 0 unspecified atom stereocenters. The van der Waals surface area contributed by atoms with Crippen molar-refractivity contribution in [1.82, 2.24) is 19.5 Å². The molecule has 2 fully saturated rings. The number of nitrogens with one attached hydrogen (secondary N) is 1. The molecule has 2 aromatic rings. The highest BCUT2D eigenvalue weighted by Gasteiger charge is 2.36. The quantitative estimate of drug-likeness (QED) is 0.595. The fourth-order valence-corrected chi connectivity index (χ4v) is 4.22. The summed E-state index contributed by atoms with van der Waals surface area (Å²) >= 11 is 0. The molecule has 1 aliphatic carbocycles. The zero-order valence-corrected chi connectivity index (χ0v) is 15.4. The average molecular weight is 376 g/mol. The van der Waals surface area contributed by atoms with Gasteiger partial charge in [0.25, 0.3) is 0 Å². The minimum atomic E-state index is -0.730. The summed E-state index contributed by atoms with van der Waals surface area (Å²) < 4.78 is 7.66. The molecule has 2 aromatic heterocycles. The molecule has 0 amide bonds. The summed E-state index contributed by atoms with van der Waals surface area (Å²) in [5.41, 5.74) is 7.06. The van der Waals surface area contributed by atoms with Crippen LogP contribution in [0, 0.1) is 5.92 Å². The molecular weight excluding hydrogens is 348 g/mol. The number of aromatic nitrogens is 4. The lowest BCUT2D eigenvalue weighted by Gasteiger charge is -2.22. The van der Waals surface area contributed by atoms with Gasteiger partial charge in [-0.25, -0.2) is 15.0 Å². The fourth-order valence-electron chi connectivity index (χ4n) is 4.22. The SMILES string of the molecule is Nc1ncnc2c1nc(NCCC1CCCCC1)n2[C@H]1C[C@H](O)[C@@H](CO)O1. The molecule has 0 aromatic carbocycles. The van der Waals surface area contributed by atoms with Gasteiger partial charge in [0, 0.05) is 13.0 Å². The number of nitrogens with zero attached hydrogens (tertiary/aromatic N) is 4. The number of ether oxygens (including phenoxy) is 1. The van der Waals surface area contributed by atoms with Gasteiger partial charge in [0.05, 0.1) is 12.7 Å². The van der Waals surface area contributed by atoms with Gasteiger partial charge in [0.2, 0.25) is 5.95 Å². The molecule has 3 atom stereocenters. The lowest BCUT2D eigenvalue weighted by molar-refractivity contribution is -0.0425. The first-order chi connectivity index (χ1) is 13.2. The van der Waals surface area contributed by atoms with Crippen LogP contribution in [0.5, 0.6) is 0 Å². The predicted octanol–water partition coefficient (Wildman–Crippen LogP) is 1.43. The third-order valence-corrected chi connectivity index (χ3v) is 5.74. The maximum atomic E-state index is 10.1. The number of imidazole rings is 1. The Bertz CT molecular complexity index is 776. The Morgan fingerprint density at radius 1 is 1.26 bits per heavy atom. The van der Waals surface area contributed by atoms with E-state index < -0.39 is 18.4 Å². The van der Waals surface area contributed by atoms with Gasteiger partial charge >= 0.3 is 0 Å². The molecule has 0 radical (unpaired) electrons. The number of aliphatic hydroxyl groups is 2. The van der Waals surface area contributed by atoms with Gasteiger partial charge in [-0.3, -0.25) is 4.57 Å². The van der Waals surface area contributed by atoms with Crippen molar-refractivity contribution in [3.63, 3.8) is 0 Å². The first kappa shape index (κ1) is 18.4. The molecule has 148 valence electrons. The van der Waals surface area contributed by atoms with Crippen LogP contribution in [0.3, 0.4) is 0 Å². The van der Waals surface area contributed by atoms with Gasteiger partial charge in [-0.15, -0.1) is 0 Å². The maximum absolute atomic E-state index is 10.1. The number of fused-ring (bicyclic) bond motifs is 1. The first-order valence-electron chi connectivity index (χ1n) is 9.84. The van der Waals surface area contributed by atoms with Crippen LogP contribution >= 0.6 is 0 Å². The van der Waals surface area contributed by atoms with Crippen LogP contribution in [0.1, 0.15) is 51.2 Å². The first-order valence-corrected chi connectivity index (χ1v) is 9.84. The van der Waals surface area contributed by atoms with E-state index in [2.05, 4.69) is 20.3 Å². The Morgan fingerprint density at radius 3 is 2.81 bits per heavy atom. The second-order valence-electron chi connectivity index (χ2n) is 7.57. The summed E-state index contributed by atoms with van der Waals surface area (Å²) in [6.07, 6.45) is 7.65. The Hall–Kier alpha value is -1.97. The lowest BCUT2D eigenvalue weighted by atomic mass is 9.87. The summed E-state index contributed by atoms with van der Waals surface area (Å²) in [5.74, 6) is 1.69. The molecule has 0 spiro atoms. The number of nitrogen functional groups attached to an aromatic ring is 1. The third-order valence-electron chi connectivity index (χ3n) is 5.74. The van der Waals surface area contributed by atoms with E-state index in [1.54, 1.807) is 0 Å². The molecule has 1 saturated carbocycles. The summed E-state index contributed by atoms with van der Waals surface area (Å²) in [5, 5.41) is 22.9. The van der Waals surface area contributed by atoms with E-state index in [-0.39, 0.29) is 6.61 Å². The molecule has 4 rings (SSSR count). The minimum absolute atomic E-state index is 0.230. The number of hydrogen-bond acceptors (Lipinski definition) is 8. The zero-order valence-electron chi connectivity index (χ0n) is 15.4. The summed E-state index contributed by atoms with van der Waals surface area (Å²) in [7, 11) is 0. The predicted molar refractivity (Wildman–Crippen MR) is 101 cm³/mol. The normalized spacial score (nSPS) is 26.7. The van der Waals surface area contributed by atoms with Crippen molar-refractivity contribution in [3.05, 3.63) is 6.33 Å². The van der Waals surface area contributed by atoms with Crippen molar-refractivity contribution in [1.29, 1.82) is 0 Å². The van der Waals surface area contributed by atoms with Gasteiger partial charge in [-0.2, -0.15) is 0 Å². The Morgan fingerprint density at radius 2 is 2.07 bits per heavy atom. The van der Waals surface area contributed by atoms with Crippen LogP contribution in [0.15, 0.2) is 6.33 Å². The van der Waals surface area contributed by atoms with Crippen molar-refractivity contribution in [2.45, 2.75) is 63.4 Å². The highest BCUT2D eigenvalue weighted by Crippen LogP contribution is 2.35. The molecule has 1 aliphatic heterocycles. The topological polar surface area (TPSA) is 131 Å². The average Bonchev–Trinajstić information content (AvgIpc) is 3.23. The highest BCUT2D eigenvalue weighted by atomic mass is 16.5. The smallest absolute Gasteiger partial charge is 0.207 e. The molecule has 9 nitrogen and oxygen atoms in total. The second kappa shape index (κ2) is 7.95. The fraction of sp³-hybridized carbons (Fsp3) is 0.722. The van der Waals surface area contributed by atoms with Crippen molar-refractivity contribution >= 4 is 22.9 Å². The second-order valence-corrected chi connectivity index (χ2v) is 7.57. The van der Waals surface area contributed by atoms with Crippen LogP contribution in [-0.4, -0.2) is 55.1 Å². The maximum Gasteiger partial charge on any atom is 0.207 e. The van der Waals surface area contributed by atoms with Crippen molar-refractivity contribution in [3.8, 4) is 0 Å². The van der Waals surface area contributed by atoms with Gasteiger partial charge in [-0.05, 0) is 12.3 Å². The zero-order chi connectivity index (χ0) is 18.8. The van der Waals surface area contributed by atoms with Crippen LogP contribution in [0.4, 0.5) is 11.8 Å². The van der Waals surface area contributed by atoms with E-state index in [4.69, 9.17) is 10.5 Å². The molecule has 2 aliphatic rings. The number of anilines is 2. The third kappa shape index (κ3) is 3.71. The standard InChI is InChI=1S/C18H28N6O3/c19-16-15-17(22-10-21-16)24(14-8-12(26)13(9-25)27-14)18(23-15)20-7-6-11-4-2-1-3-5-11/h10-14,25-26H,1-9H2,(H,20,23)(H2,19,21,22)/t12-,13+,14+/m0/s1. The molecule has 3 heterocycles. The number of aliphatic hydroxyl groups excluding tert-OH is 2. The van der Waals surface area contributed by atoms with Crippen LogP contribution in [0.2, 0.25) is 0 Å². The van der Waals surface area contributed by atoms with E-state index in [1.165, 1.54) is 38.4 Å². The van der Waals surface area contributed by atoms with Crippen molar-refractivity contribution < 1.29 is 14.9 Å². The van der Waals surface area contributed by atoms with Gasteiger partial charge in [-0.1, -0.05) is 32.1 Å². The van der Waals surface area contributed by atoms with Crippen molar-refractivity contribution in [2.75, 3.05) is 24.2 Å². The van der Waals surface area contributed by atoms with Gasteiger partial charge in [0.15, 0.2) is 17.0 Å². The highest BCUT2D eigenvalue weighted by molar-refractivity contribution is 5.84. The molecule has 1 saturated heterocycles. The van der Waals surface area contributed by atoms with E-state index in [9.17, 15) is 10.2 Å².